The van der Waals surface area contributed by atoms with Crippen LogP contribution in [0.4, 0.5) is 0 Å². The van der Waals surface area contributed by atoms with Crippen LogP contribution in [0.5, 0.6) is 0 Å². The lowest BCUT2D eigenvalue weighted by Crippen LogP contribution is -2.52. The average molecular weight is 376 g/mol. The highest BCUT2D eigenvalue weighted by atomic mass is 35.5. The molecule has 0 aliphatic carbocycles. The smallest absolute Gasteiger partial charge is 0.194 e. The Bertz CT molecular complexity index is 678. The molecule has 0 radical (unpaired) electrons. The van der Waals surface area contributed by atoms with Gasteiger partial charge in [-0.3, -0.25) is 9.89 Å². The third-order valence-electron chi connectivity index (χ3n) is 4.46. The zero-order valence-corrected chi connectivity index (χ0v) is 16.0. The fraction of sp³-hybridized carbons (Fsp3) is 0.474. The number of halogens is 1. The zero-order valence-electron chi connectivity index (χ0n) is 15.2. The minimum atomic E-state index is 0.767. The molecule has 7 heteroatoms. The predicted molar refractivity (Wildman–Crippen MR) is 104 cm³/mol. The third kappa shape index (κ3) is 5.47. The van der Waals surface area contributed by atoms with Crippen LogP contribution in [-0.2, 0) is 13.0 Å². The van der Waals surface area contributed by atoms with E-state index in [4.69, 9.17) is 21.1 Å². The first kappa shape index (κ1) is 18.7. The summed E-state index contributed by atoms with van der Waals surface area (Å²) >= 11 is 5.94. The van der Waals surface area contributed by atoms with Gasteiger partial charge in [0.2, 0.25) is 0 Å². The molecule has 1 aliphatic heterocycles. The standard InChI is InChI=1S/C19H26ClN5O/c1-2-21-19(22-9-7-16-3-5-17(20)6-4-16)25-12-10-24(11-13-25)15-18-8-14-26-23-18/h3-6,8,14H,2,7,9-13,15H2,1H3,(H,21,22). The number of guanidine groups is 1. The Balaban J connectivity index is 1.50. The summed E-state index contributed by atoms with van der Waals surface area (Å²) in [6, 6.07) is 9.91. The van der Waals surface area contributed by atoms with Crippen molar-refractivity contribution in [1.82, 2.24) is 20.3 Å². The molecule has 1 saturated heterocycles. The molecule has 0 saturated carbocycles. The van der Waals surface area contributed by atoms with Gasteiger partial charge >= 0.3 is 0 Å². The predicted octanol–water partition coefficient (Wildman–Crippen LogP) is 2.65. The maximum Gasteiger partial charge on any atom is 0.194 e. The lowest BCUT2D eigenvalue weighted by atomic mass is 10.1. The number of aliphatic imine (C=N–C) groups is 1. The van der Waals surface area contributed by atoms with Gasteiger partial charge in [-0.15, -0.1) is 0 Å². The molecular weight excluding hydrogens is 350 g/mol. The topological polar surface area (TPSA) is 56.9 Å². The van der Waals surface area contributed by atoms with Crippen molar-refractivity contribution in [2.75, 3.05) is 39.3 Å². The van der Waals surface area contributed by atoms with Crippen molar-refractivity contribution in [3.8, 4) is 0 Å². The molecule has 6 nitrogen and oxygen atoms in total. The van der Waals surface area contributed by atoms with E-state index in [1.54, 1.807) is 6.26 Å². The van der Waals surface area contributed by atoms with E-state index < -0.39 is 0 Å². The van der Waals surface area contributed by atoms with Crippen LogP contribution in [0.2, 0.25) is 5.02 Å². The van der Waals surface area contributed by atoms with Gasteiger partial charge in [0.15, 0.2) is 5.96 Å². The van der Waals surface area contributed by atoms with Gasteiger partial charge in [-0.1, -0.05) is 28.9 Å². The summed E-state index contributed by atoms with van der Waals surface area (Å²) in [7, 11) is 0. The van der Waals surface area contributed by atoms with E-state index in [2.05, 4.69) is 39.3 Å². The summed E-state index contributed by atoms with van der Waals surface area (Å²) in [6.45, 7) is 8.50. The number of piperazine rings is 1. The molecule has 26 heavy (non-hydrogen) atoms. The van der Waals surface area contributed by atoms with E-state index in [0.29, 0.717) is 0 Å². The molecule has 1 aromatic carbocycles. The molecule has 1 fully saturated rings. The summed E-state index contributed by atoms with van der Waals surface area (Å²) in [5.41, 5.74) is 2.24. The van der Waals surface area contributed by atoms with Crippen LogP contribution in [0, 0.1) is 0 Å². The van der Waals surface area contributed by atoms with Crippen LogP contribution in [-0.4, -0.2) is 60.2 Å². The number of nitrogens with zero attached hydrogens (tertiary/aromatic N) is 4. The maximum atomic E-state index is 5.94. The Kier molecular flexibility index (Phi) is 6.91. The Morgan fingerprint density at radius 2 is 1.96 bits per heavy atom. The van der Waals surface area contributed by atoms with Crippen LogP contribution >= 0.6 is 11.6 Å². The zero-order chi connectivity index (χ0) is 18.2. The molecule has 1 N–H and O–H groups in total. The minimum Gasteiger partial charge on any atom is -0.364 e. The van der Waals surface area contributed by atoms with Crippen LogP contribution in [0.25, 0.3) is 0 Å². The number of hydrogen-bond donors (Lipinski definition) is 1. The quantitative estimate of drug-likeness (QED) is 0.621. The maximum absolute atomic E-state index is 5.94. The summed E-state index contributed by atoms with van der Waals surface area (Å²) in [5, 5.41) is 8.18. The van der Waals surface area contributed by atoms with Gasteiger partial charge < -0.3 is 14.7 Å². The largest absolute Gasteiger partial charge is 0.364 e. The fourth-order valence-electron chi connectivity index (χ4n) is 3.03. The third-order valence-corrected chi connectivity index (χ3v) is 4.71. The van der Waals surface area contributed by atoms with E-state index in [1.165, 1.54) is 5.56 Å². The van der Waals surface area contributed by atoms with Crippen molar-refractivity contribution in [2.45, 2.75) is 19.9 Å². The number of nitrogens with one attached hydrogen (secondary N) is 1. The van der Waals surface area contributed by atoms with Crippen molar-refractivity contribution in [1.29, 1.82) is 0 Å². The van der Waals surface area contributed by atoms with Crippen molar-refractivity contribution < 1.29 is 4.52 Å². The number of rotatable bonds is 6. The molecule has 0 unspecified atom stereocenters. The number of benzene rings is 1. The molecule has 0 amide bonds. The fourth-order valence-corrected chi connectivity index (χ4v) is 3.16. The lowest BCUT2D eigenvalue weighted by Gasteiger charge is -2.36. The van der Waals surface area contributed by atoms with E-state index in [-0.39, 0.29) is 0 Å². The number of aromatic nitrogens is 1. The minimum absolute atomic E-state index is 0.767. The number of hydrogen-bond acceptors (Lipinski definition) is 4. The van der Waals surface area contributed by atoms with Gasteiger partial charge in [-0.25, -0.2) is 0 Å². The normalized spacial score (nSPS) is 16.1. The Hall–Kier alpha value is -2.05. The molecule has 1 aromatic heterocycles. The Morgan fingerprint density at radius 1 is 1.19 bits per heavy atom. The highest BCUT2D eigenvalue weighted by Crippen LogP contribution is 2.10. The molecule has 1 aliphatic rings. The molecule has 3 rings (SSSR count). The first-order valence-corrected chi connectivity index (χ1v) is 9.51. The van der Waals surface area contributed by atoms with Crippen molar-refractivity contribution in [3.63, 3.8) is 0 Å². The van der Waals surface area contributed by atoms with Gasteiger partial charge in [0.1, 0.15) is 6.26 Å². The van der Waals surface area contributed by atoms with Gasteiger partial charge in [0.25, 0.3) is 0 Å². The van der Waals surface area contributed by atoms with E-state index in [9.17, 15) is 0 Å². The summed E-state index contributed by atoms with van der Waals surface area (Å²) in [4.78, 5) is 9.54. The highest BCUT2D eigenvalue weighted by Gasteiger charge is 2.20. The SMILES string of the molecule is CCNC(=NCCc1ccc(Cl)cc1)N1CCN(Cc2ccon2)CC1. The second kappa shape index (κ2) is 9.59. The molecule has 2 heterocycles. The molecule has 2 aromatic rings. The van der Waals surface area contributed by atoms with Gasteiger partial charge in [-0.05, 0) is 31.0 Å². The molecule has 0 spiro atoms. The van der Waals surface area contributed by atoms with E-state index >= 15 is 0 Å². The first-order valence-electron chi connectivity index (χ1n) is 9.14. The van der Waals surface area contributed by atoms with Crippen molar-refractivity contribution in [3.05, 3.63) is 52.9 Å². The van der Waals surface area contributed by atoms with Crippen LogP contribution in [0.15, 0.2) is 46.1 Å². The van der Waals surface area contributed by atoms with E-state index in [1.807, 2.05) is 18.2 Å². The van der Waals surface area contributed by atoms with Gasteiger partial charge in [-0.2, -0.15) is 0 Å². The molecule has 0 atom stereocenters. The molecule has 140 valence electrons. The first-order chi connectivity index (χ1) is 12.7. The Labute approximate surface area is 159 Å². The van der Waals surface area contributed by atoms with Crippen molar-refractivity contribution >= 4 is 17.6 Å². The monoisotopic (exact) mass is 375 g/mol. The van der Waals surface area contributed by atoms with Crippen LogP contribution in [0.1, 0.15) is 18.2 Å². The Morgan fingerprint density at radius 3 is 2.62 bits per heavy atom. The van der Waals surface area contributed by atoms with Crippen LogP contribution in [0.3, 0.4) is 0 Å². The van der Waals surface area contributed by atoms with Gasteiger partial charge in [0.05, 0.1) is 5.69 Å². The second-order valence-corrected chi connectivity index (χ2v) is 6.80. The highest BCUT2D eigenvalue weighted by molar-refractivity contribution is 6.30. The molecular formula is C19H26ClN5O. The summed E-state index contributed by atoms with van der Waals surface area (Å²) in [5.74, 6) is 1.00. The van der Waals surface area contributed by atoms with Gasteiger partial charge in [0, 0.05) is 56.9 Å². The summed E-state index contributed by atoms with van der Waals surface area (Å²) in [6.07, 6.45) is 2.54. The van der Waals surface area contributed by atoms with E-state index in [0.717, 1.165) is 68.9 Å². The molecule has 0 bridgehead atoms. The van der Waals surface area contributed by atoms with Crippen LogP contribution < -0.4 is 5.32 Å². The average Bonchev–Trinajstić information content (AvgIpc) is 3.16. The summed E-state index contributed by atoms with van der Waals surface area (Å²) < 4.78 is 4.91. The lowest BCUT2D eigenvalue weighted by molar-refractivity contribution is 0.169. The second-order valence-electron chi connectivity index (χ2n) is 6.37. The van der Waals surface area contributed by atoms with Crippen molar-refractivity contribution in [2.24, 2.45) is 4.99 Å².